The first-order chi connectivity index (χ1) is 15.1. The van der Waals surface area contributed by atoms with Gasteiger partial charge < -0.3 is 9.47 Å². The molecule has 2 fully saturated rings. The third-order valence-corrected chi connectivity index (χ3v) is 6.96. The number of carbonyl (C=O) groups is 1. The molecule has 3 heterocycles. The van der Waals surface area contributed by atoms with Crippen molar-refractivity contribution in [3.8, 4) is 11.8 Å². The Labute approximate surface area is 183 Å². The number of para-hydroxylation sites is 2. The Balaban J connectivity index is 1.18. The van der Waals surface area contributed by atoms with E-state index in [0.717, 1.165) is 62.5 Å². The van der Waals surface area contributed by atoms with Crippen LogP contribution in [-0.4, -0.2) is 51.4 Å². The van der Waals surface area contributed by atoms with E-state index in [1.54, 1.807) is 0 Å². The van der Waals surface area contributed by atoms with Gasteiger partial charge in [-0.25, -0.2) is 4.98 Å². The number of likely N-dealkylation sites (tertiary alicyclic amines) is 2. The Morgan fingerprint density at radius 1 is 1.00 bits per heavy atom. The molecule has 0 radical (unpaired) electrons. The lowest BCUT2D eigenvalue weighted by Crippen LogP contribution is -2.43. The number of nitrogens with zero attached hydrogens (tertiary/aromatic N) is 4. The fourth-order valence-electron chi connectivity index (χ4n) is 5.02. The summed E-state index contributed by atoms with van der Waals surface area (Å²) in [7, 11) is 2.11. The molecular formula is C26H28N4O. The van der Waals surface area contributed by atoms with E-state index in [4.69, 9.17) is 4.98 Å². The van der Waals surface area contributed by atoms with Gasteiger partial charge in [0.1, 0.15) is 5.82 Å². The molecule has 1 spiro atoms. The molecule has 3 aromatic rings. The lowest BCUT2D eigenvalue weighted by molar-refractivity contribution is -0.127. The average Bonchev–Trinajstić information content (AvgIpc) is 3.34. The number of benzene rings is 2. The van der Waals surface area contributed by atoms with Crippen molar-refractivity contribution in [1.29, 1.82) is 0 Å². The van der Waals surface area contributed by atoms with Crippen molar-refractivity contribution >= 4 is 16.9 Å². The third-order valence-electron chi connectivity index (χ3n) is 6.96. The van der Waals surface area contributed by atoms with Gasteiger partial charge in [0.25, 0.3) is 5.91 Å². The van der Waals surface area contributed by atoms with Gasteiger partial charge in [-0.2, -0.15) is 0 Å². The molecule has 2 aliphatic rings. The molecular weight excluding hydrogens is 384 g/mol. The summed E-state index contributed by atoms with van der Waals surface area (Å²) in [5.74, 6) is 6.90. The number of hydrogen-bond donors (Lipinski definition) is 0. The second-order valence-electron chi connectivity index (χ2n) is 8.94. The van der Waals surface area contributed by atoms with E-state index >= 15 is 0 Å². The van der Waals surface area contributed by atoms with Crippen molar-refractivity contribution < 1.29 is 4.79 Å². The molecule has 0 saturated carbocycles. The highest BCUT2D eigenvalue weighted by atomic mass is 16.2. The van der Waals surface area contributed by atoms with Crippen molar-refractivity contribution in [2.45, 2.75) is 25.8 Å². The van der Waals surface area contributed by atoms with Crippen LogP contribution in [0.3, 0.4) is 0 Å². The van der Waals surface area contributed by atoms with Gasteiger partial charge in [-0.15, -0.1) is 0 Å². The smallest absolute Gasteiger partial charge is 0.298 e. The van der Waals surface area contributed by atoms with Gasteiger partial charge in [-0.05, 0) is 55.5 Å². The Bertz CT molecular complexity index is 1150. The standard InChI is InChI=1S/C26H28N4O/c1-28-23-10-6-5-9-22(23)27-24(28)19-29-16-13-26(20-29)14-17-30(18-15-26)25(31)12-11-21-7-3-2-4-8-21/h2-10H,13-20H2,1H3. The minimum absolute atomic E-state index is 0.0479. The molecule has 5 heteroatoms. The number of piperidine rings is 1. The number of carbonyl (C=O) groups excluding carboxylic acids is 1. The predicted molar refractivity (Wildman–Crippen MR) is 122 cm³/mol. The first-order valence-corrected chi connectivity index (χ1v) is 11.1. The van der Waals surface area contributed by atoms with Gasteiger partial charge in [0.05, 0.1) is 17.6 Å². The molecule has 0 unspecified atom stereocenters. The second-order valence-corrected chi connectivity index (χ2v) is 8.94. The van der Waals surface area contributed by atoms with Crippen LogP contribution in [0.15, 0.2) is 54.6 Å². The molecule has 0 bridgehead atoms. The van der Waals surface area contributed by atoms with Gasteiger partial charge >= 0.3 is 0 Å². The van der Waals surface area contributed by atoms with Gasteiger partial charge in [-0.3, -0.25) is 9.69 Å². The molecule has 158 valence electrons. The SMILES string of the molecule is Cn1c(CN2CCC3(CCN(C(=O)C#Cc4ccccc4)CC3)C2)nc2ccccc21. The van der Waals surface area contributed by atoms with Crippen molar-refractivity contribution in [2.24, 2.45) is 12.5 Å². The Hall–Kier alpha value is -3.10. The molecule has 2 saturated heterocycles. The minimum Gasteiger partial charge on any atom is -0.332 e. The Kier molecular flexibility index (Phi) is 5.25. The summed E-state index contributed by atoms with van der Waals surface area (Å²) in [6, 6.07) is 18.0. The first-order valence-electron chi connectivity index (χ1n) is 11.1. The summed E-state index contributed by atoms with van der Waals surface area (Å²) in [5.41, 5.74) is 3.47. The highest BCUT2D eigenvalue weighted by Gasteiger charge is 2.41. The maximum absolute atomic E-state index is 12.5. The zero-order chi connectivity index (χ0) is 21.3. The third kappa shape index (κ3) is 4.08. The van der Waals surface area contributed by atoms with Crippen LogP contribution in [0.25, 0.3) is 11.0 Å². The van der Waals surface area contributed by atoms with E-state index in [2.05, 4.69) is 46.6 Å². The summed E-state index contributed by atoms with van der Waals surface area (Å²) in [6.07, 6.45) is 3.32. The fourth-order valence-corrected chi connectivity index (χ4v) is 5.02. The van der Waals surface area contributed by atoms with E-state index in [9.17, 15) is 4.79 Å². The van der Waals surface area contributed by atoms with Crippen molar-refractivity contribution in [1.82, 2.24) is 19.4 Å². The normalized spacial score (nSPS) is 18.3. The molecule has 2 aliphatic heterocycles. The number of fused-ring (bicyclic) bond motifs is 1. The summed E-state index contributed by atoms with van der Waals surface area (Å²) >= 11 is 0. The van der Waals surface area contributed by atoms with Crippen LogP contribution in [0.1, 0.15) is 30.7 Å². The monoisotopic (exact) mass is 412 g/mol. The molecule has 0 atom stereocenters. The zero-order valence-electron chi connectivity index (χ0n) is 18.1. The number of amides is 1. The van der Waals surface area contributed by atoms with Crippen molar-refractivity contribution in [2.75, 3.05) is 26.2 Å². The van der Waals surface area contributed by atoms with Crippen LogP contribution < -0.4 is 0 Å². The second kappa shape index (κ2) is 8.20. The Morgan fingerprint density at radius 3 is 2.48 bits per heavy atom. The predicted octanol–water partition coefficient (Wildman–Crippen LogP) is 3.44. The molecule has 2 aromatic carbocycles. The Morgan fingerprint density at radius 2 is 1.71 bits per heavy atom. The summed E-state index contributed by atoms with van der Waals surface area (Å²) < 4.78 is 2.22. The van der Waals surface area contributed by atoms with Crippen LogP contribution in [0, 0.1) is 17.3 Å². The van der Waals surface area contributed by atoms with Crippen molar-refractivity contribution in [3.63, 3.8) is 0 Å². The van der Waals surface area contributed by atoms with E-state index in [1.165, 1.54) is 11.9 Å². The van der Waals surface area contributed by atoms with Gasteiger partial charge in [0.2, 0.25) is 0 Å². The molecule has 0 N–H and O–H groups in total. The molecule has 5 rings (SSSR count). The molecule has 1 amide bonds. The zero-order valence-corrected chi connectivity index (χ0v) is 18.1. The highest BCUT2D eigenvalue weighted by Crippen LogP contribution is 2.40. The van der Waals surface area contributed by atoms with Gasteiger partial charge in [0.15, 0.2) is 0 Å². The van der Waals surface area contributed by atoms with Crippen LogP contribution in [0.2, 0.25) is 0 Å². The number of rotatable bonds is 2. The van der Waals surface area contributed by atoms with E-state index in [0.29, 0.717) is 5.41 Å². The van der Waals surface area contributed by atoms with E-state index in [1.807, 2.05) is 41.3 Å². The van der Waals surface area contributed by atoms with Crippen LogP contribution in [-0.2, 0) is 18.4 Å². The van der Waals surface area contributed by atoms with Gasteiger partial charge in [-0.1, -0.05) is 36.3 Å². The quantitative estimate of drug-likeness (QED) is 0.606. The molecule has 31 heavy (non-hydrogen) atoms. The van der Waals surface area contributed by atoms with Crippen molar-refractivity contribution in [3.05, 3.63) is 66.0 Å². The minimum atomic E-state index is -0.0479. The fraction of sp³-hybridized carbons (Fsp3) is 0.385. The van der Waals surface area contributed by atoms with Crippen LogP contribution in [0.4, 0.5) is 0 Å². The lowest BCUT2D eigenvalue weighted by Gasteiger charge is -2.38. The number of aromatic nitrogens is 2. The first kappa shape index (κ1) is 19.8. The van der Waals surface area contributed by atoms with E-state index in [-0.39, 0.29) is 5.91 Å². The maximum Gasteiger partial charge on any atom is 0.298 e. The number of hydrogen-bond acceptors (Lipinski definition) is 3. The average molecular weight is 413 g/mol. The van der Waals surface area contributed by atoms with E-state index < -0.39 is 0 Å². The van der Waals surface area contributed by atoms with Gasteiger partial charge in [0, 0.05) is 38.2 Å². The maximum atomic E-state index is 12.5. The van der Waals surface area contributed by atoms with Crippen LogP contribution in [0.5, 0.6) is 0 Å². The largest absolute Gasteiger partial charge is 0.332 e. The number of aryl methyl sites for hydroxylation is 1. The number of imidazole rings is 1. The summed E-state index contributed by atoms with van der Waals surface area (Å²) in [5, 5.41) is 0. The summed E-state index contributed by atoms with van der Waals surface area (Å²) in [6.45, 7) is 4.70. The van der Waals surface area contributed by atoms with Crippen LogP contribution >= 0.6 is 0 Å². The molecule has 5 nitrogen and oxygen atoms in total. The summed E-state index contributed by atoms with van der Waals surface area (Å²) in [4.78, 5) is 21.8. The molecule has 0 aliphatic carbocycles. The lowest BCUT2D eigenvalue weighted by atomic mass is 9.78. The highest BCUT2D eigenvalue weighted by molar-refractivity contribution is 5.94. The molecule has 1 aromatic heterocycles. The topological polar surface area (TPSA) is 41.4 Å².